The van der Waals surface area contributed by atoms with E-state index in [0.717, 1.165) is 0 Å². The molecular formula is C36H36O16Pb. The summed E-state index contributed by atoms with van der Waals surface area (Å²) in [5.74, 6) is -5.69. The first-order valence-corrected chi connectivity index (χ1v) is 21.7. The summed E-state index contributed by atoms with van der Waals surface area (Å²) < 4.78 is 66.5. The molecule has 53 heavy (non-hydrogen) atoms. The van der Waals surface area contributed by atoms with Crippen molar-refractivity contribution < 1.29 is 67.8 Å². The van der Waals surface area contributed by atoms with E-state index >= 15 is 0 Å². The van der Waals surface area contributed by atoms with Crippen LogP contribution in [0.3, 0.4) is 0 Å². The molecule has 16 nitrogen and oxygen atoms in total. The average molecular weight is 932 g/mol. The number of methoxy groups -OCH3 is 8. The second kappa shape index (κ2) is 18.0. The van der Waals surface area contributed by atoms with Crippen LogP contribution < -0.4 is 37.9 Å². The Morgan fingerprint density at radius 2 is 0.472 bits per heavy atom. The van der Waals surface area contributed by atoms with Crippen LogP contribution in [0.4, 0.5) is 0 Å². The number of carbonyl (C=O) groups excluding carboxylic acids is 4. The summed E-state index contributed by atoms with van der Waals surface area (Å²) in [5, 5.41) is 0. The molecule has 0 aliphatic rings. The monoisotopic (exact) mass is 932 g/mol. The van der Waals surface area contributed by atoms with Crippen molar-refractivity contribution in [1.82, 2.24) is 0 Å². The molecule has 4 rings (SSSR count). The van der Waals surface area contributed by atoms with Crippen molar-refractivity contribution in [3.05, 3.63) is 95.1 Å². The molecule has 0 fully saturated rings. The van der Waals surface area contributed by atoms with Gasteiger partial charge in [0.2, 0.25) is 0 Å². The molecule has 0 amide bonds. The van der Waals surface area contributed by atoms with Crippen molar-refractivity contribution in [2.45, 2.75) is 0 Å². The van der Waals surface area contributed by atoms with E-state index in [2.05, 4.69) is 0 Å². The standard InChI is InChI=1S/4C9H10O4.Pb/c4*1-12-6-4-3-5-7(13-2)8(6)9(10)11;/h4*3-5H,1-2H3,(H,10,11);/q;;;;+4/p-4. The van der Waals surface area contributed by atoms with Gasteiger partial charge in [0, 0.05) is 0 Å². The molecule has 0 heterocycles. The molecular weight excluding hydrogens is 896 g/mol. The van der Waals surface area contributed by atoms with Gasteiger partial charge in [0.15, 0.2) is 0 Å². The Hall–Kier alpha value is -5.92. The first-order valence-electron chi connectivity index (χ1n) is 15.3. The van der Waals surface area contributed by atoms with Crippen LogP contribution in [-0.2, 0) is 10.7 Å². The molecule has 0 radical (unpaired) electrons. The third kappa shape index (κ3) is 8.59. The fraction of sp³-hybridized carbons (Fsp3) is 0.222. The number of ether oxygens (including phenoxy) is 8. The van der Waals surface area contributed by atoms with Gasteiger partial charge in [-0.1, -0.05) is 0 Å². The van der Waals surface area contributed by atoms with Crippen LogP contribution in [0, 0.1) is 0 Å². The van der Waals surface area contributed by atoms with E-state index in [1.54, 1.807) is 0 Å². The van der Waals surface area contributed by atoms with Gasteiger partial charge < -0.3 is 0 Å². The Kier molecular flexibility index (Phi) is 13.6. The third-order valence-electron chi connectivity index (χ3n) is 7.40. The molecule has 0 bridgehead atoms. The molecule has 0 aliphatic heterocycles. The molecule has 0 atom stereocenters. The van der Waals surface area contributed by atoms with Crippen LogP contribution in [0.1, 0.15) is 41.4 Å². The van der Waals surface area contributed by atoms with E-state index < -0.39 is 46.9 Å². The Morgan fingerprint density at radius 3 is 0.604 bits per heavy atom. The second-order valence-corrected chi connectivity index (χ2v) is 17.3. The maximum absolute atomic E-state index is 14.3. The maximum atomic E-state index is 14.3. The van der Waals surface area contributed by atoms with Crippen LogP contribution in [0.2, 0.25) is 0 Å². The van der Waals surface area contributed by atoms with Crippen LogP contribution in [0.25, 0.3) is 0 Å². The molecule has 4 aromatic carbocycles. The van der Waals surface area contributed by atoms with Crippen LogP contribution in [0.15, 0.2) is 72.8 Å². The summed E-state index contributed by atoms with van der Waals surface area (Å²) in [7, 11) is 10.2. The topological polar surface area (TPSA) is 179 Å². The first-order chi connectivity index (χ1) is 25.5. The quantitative estimate of drug-likeness (QED) is 0.138. The van der Waals surface area contributed by atoms with Crippen LogP contribution in [-0.4, -0.2) is 104 Å². The van der Waals surface area contributed by atoms with Crippen molar-refractivity contribution >= 4 is 46.9 Å². The summed E-state index contributed by atoms with van der Waals surface area (Å²) in [6.07, 6.45) is 0. The van der Waals surface area contributed by atoms with E-state index in [4.69, 9.17) is 48.6 Å². The summed E-state index contributed by atoms with van der Waals surface area (Å²) in [6.45, 7) is 0. The van der Waals surface area contributed by atoms with Gasteiger partial charge in [-0.25, -0.2) is 0 Å². The van der Waals surface area contributed by atoms with Gasteiger partial charge in [-0.3, -0.25) is 0 Å². The van der Waals surface area contributed by atoms with Gasteiger partial charge in [0.05, 0.1) is 0 Å². The molecule has 17 heteroatoms. The molecule has 0 aromatic heterocycles. The zero-order chi connectivity index (χ0) is 38.7. The van der Waals surface area contributed by atoms with E-state index in [1.807, 2.05) is 0 Å². The number of benzene rings is 4. The molecule has 0 spiro atoms. The van der Waals surface area contributed by atoms with Gasteiger partial charge in [0.25, 0.3) is 0 Å². The summed E-state index contributed by atoms with van der Waals surface area (Å²) >= 11 is -7.23. The van der Waals surface area contributed by atoms with E-state index in [-0.39, 0.29) is 68.2 Å². The zero-order valence-corrected chi connectivity index (χ0v) is 33.8. The average Bonchev–Trinajstić information content (AvgIpc) is 3.18. The van der Waals surface area contributed by atoms with Crippen molar-refractivity contribution in [2.24, 2.45) is 0 Å². The first kappa shape index (κ1) is 39.9. The zero-order valence-electron chi connectivity index (χ0n) is 30.0. The fourth-order valence-electron chi connectivity index (χ4n) is 4.99. The molecule has 0 saturated heterocycles. The third-order valence-corrected chi connectivity index (χ3v) is 14.2. The second-order valence-electron chi connectivity index (χ2n) is 10.2. The van der Waals surface area contributed by atoms with Crippen molar-refractivity contribution in [3.8, 4) is 46.0 Å². The van der Waals surface area contributed by atoms with Crippen molar-refractivity contribution in [3.63, 3.8) is 0 Å². The molecule has 0 aliphatic carbocycles. The predicted octanol–water partition coefficient (Wildman–Crippen LogP) is 4.92. The number of carbonyl (C=O) groups is 4. The predicted molar refractivity (Wildman–Crippen MR) is 186 cm³/mol. The Morgan fingerprint density at radius 1 is 0.321 bits per heavy atom. The van der Waals surface area contributed by atoms with Gasteiger partial charge >= 0.3 is 313 Å². The molecule has 280 valence electrons. The fourth-order valence-corrected chi connectivity index (χ4v) is 11.1. The van der Waals surface area contributed by atoms with Gasteiger partial charge in [0.1, 0.15) is 0 Å². The summed E-state index contributed by atoms with van der Waals surface area (Å²) in [4.78, 5) is 57.1. The summed E-state index contributed by atoms with van der Waals surface area (Å²) in [6, 6.07) is 17.5. The molecule has 0 unspecified atom stereocenters. The van der Waals surface area contributed by atoms with Crippen LogP contribution in [0.5, 0.6) is 46.0 Å². The summed E-state index contributed by atoms with van der Waals surface area (Å²) in [5.41, 5.74) is -1.32. The van der Waals surface area contributed by atoms with Crippen molar-refractivity contribution in [2.75, 3.05) is 56.9 Å². The number of hydrogen-bond donors (Lipinski definition) is 0. The Bertz CT molecular complexity index is 1600. The van der Waals surface area contributed by atoms with Gasteiger partial charge in [-0.15, -0.1) is 0 Å². The van der Waals surface area contributed by atoms with Gasteiger partial charge in [-0.2, -0.15) is 0 Å². The SMILES string of the molecule is COc1cccc(OC)c1C(=O)[O][Pb]([O]C(=O)c1c(OC)cccc1OC)([O]C(=O)c1c(OC)cccc1OC)[O]C(=O)c1c(OC)cccc1OC. The number of rotatable bonds is 16. The number of hydrogen-bond acceptors (Lipinski definition) is 16. The van der Waals surface area contributed by atoms with Gasteiger partial charge in [-0.05, 0) is 0 Å². The minimum absolute atomic E-state index is 0.0511. The van der Waals surface area contributed by atoms with E-state index in [1.165, 1.54) is 130 Å². The van der Waals surface area contributed by atoms with E-state index in [0.29, 0.717) is 0 Å². The molecule has 0 saturated carbocycles. The normalized spacial score (nSPS) is 10.6. The van der Waals surface area contributed by atoms with Crippen molar-refractivity contribution in [1.29, 1.82) is 0 Å². The van der Waals surface area contributed by atoms with E-state index in [9.17, 15) is 19.2 Å². The Labute approximate surface area is 311 Å². The molecule has 0 N–H and O–H groups in total. The molecule has 4 aromatic rings. The Balaban J connectivity index is 2.03. The minimum atomic E-state index is -7.23. The van der Waals surface area contributed by atoms with Crippen LogP contribution >= 0.6 is 0 Å².